The summed E-state index contributed by atoms with van der Waals surface area (Å²) >= 11 is 0. The first-order chi connectivity index (χ1) is 20.5. The molecule has 7 heteroatoms. The van der Waals surface area contributed by atoms with Crippen molar-refractivity contribution in [1.29, 1.82) is 0 Å². The molecule has 8 aliphatic carbocycles. The van der Waals surface area contributed by atoms with Gasteiger partial charge < -0.3 is 10.3 Å². The Bertz CT molecular complexity index is 1230. The number of hydrogen-bond acceptors (Lipinski definition) is 3. The molecule has 2 aromatic rings. The number of hydrogen-bond donors (Lipinski definition) is 0. The van der Waals surface area contributed by atoms with Gasteiger partial charge in [-0.3, -0.25) is 0 Å². The number of benzene rings is 2. The van der Waals surface area contributed by atoms with Crippen LogP contribution in [0.2, 0.25) is 0 Å². The van der Waals surface area contributed by atoms with Gasteiger partial charge in [-0.25, -0.2) is 8.42 Å². The largest absolute Gasteiger partial charge is 0.748 e. The van der Waals surface area contributed by atoms with Crippen LogP contribution >= 0.6 is 7.92 Å². The molecule has 246 valence electrons. The van der Waals surface area contributed by atoms with E-state index >= 15 is 0 Å². The molecule has 0 heterocycles. The molecule has 8 bridgehead atoms. The predicted octanol–water partition coefficient (Wildman–Crippen LogP) is 10.2. The fraction of sp³-hybridized carbons (Fsp3) is 0.676. The topological polar surface area (TPSA) is 81.0 Å². The quantitative estimate of drug-likeness (QED) is 0.129. The summed E-state index contributed by atoms with van der Waals surface area (Å²) in [5.41, 5.74) is 10.1. The van der Waals surface area contributed by atoms with Crippen molar-refractivity contribution >= 4 is 23.7 Å². The molecule has 0 spiro atoms. The summed E-state index contributed by atoms with van der Waals surface area (Å²) in [5.74, 6) is 6.95. The molecule has 0 aliphatic heterocycles. The maximum Gasteiger partial charge on any atom is 0.0916 e. The first kappa shape index (κ1) is 34.6. The first-order valence-corrected chi connectivity index (χ1v) is 20.3. The van der Waals surface area contributed by atoms with Gasteiger partial charge in [0.05, 0.1) is 10.1 Å². The van der Waals surface area contributed by atoms with Gasteiger partial charge in [0.25, 0.3) is 0 Å². The van der Waals surface area contributed by atoms with E-state index in [0.29, 0.717) is 11.9 Å². The van der Waals surface area contributed by atoms with E-state index in [-0.39, 0.29) is 28.3 Å². The second-order valence-corrected chi connectivity index (χ2v) is 19.9. The summed E-state index contributed by atoms with van der Waals surface area (Å²) < 4.78 is 27.2. The zero-order valence-electron chi connectivity index (χ0n) is 26.6. The van der Waals surface area contributed by atoms with Crippen molar-refractivity contribution < 1.29 is 33.4 Å². The van der Waals surface area contributed by atoms with Crippen molar-refractivity contribution in [1.82, 2.24) is 0 Å². The Kier molecular flexibility index (Phi) is 11.1. The van der Waals surface area contributed by atoms with E-state index in [1.54, 1.807) is 95.7 Å². The average molecular weight is 727 g/mol. The van der Waals surface area contributed by atoms with Crippen molar-refractivity contribution in [3.8, 4) is 11.1 Å². The molecule has 1 N–H and O–H groups in total. The van der Waals surface area contributed by atoms with Crippen LogP contribution in [0.4, 0.5) is 5.69 Å². The van der Waals surface area contributed by atoms with Crippen LogP contribution < -0.4 is 0 Å². The first-order valence-electron chi connectivity index (χ1n) is 17.0. The molecule has 0 atom stereocenters. The molecular weight excluding hydrogens is 676 g/mol. The van der Waals surface area contributed by atoms with E-state index in [4.69, 9.17) is 18.7 Å². The summed E-state index contributed by atoms with van der Waals surface area (Å²) in [6.07, 6.45) is 25.2. The summed E-state index contributed by atoms with van der Waals surface area (Å²) in [4.78, 5) is 0. The summed E-state index contributed by atoms with van der Waals surface area (Å²) in [6.45, 7) is 2.45. The molecule has 44 heavy (non-hydrogen) atoms. The Balaban J connectivity index is 0.000000171. The zero-order valence-corrected chi connectivity index (χ0v) is 29.9. The third-order valence-electron chi connectivity index (χ3n) is 11.8. The molecule has 4 nitrogen and oxygen atoms in total. The van der Waals surface area contributed by atoms with Crippen LogP contribution in [0, 0.1) is 41.6 Å². The molecule has 0 saturated heterocycles. The number of nitrogens with one attached hydrogen (secondary N) is 1. The van der Waals surface area contributed by atoms with Gasteiger partial charge in [0.15, 0.2) is 0 Å². The molecule has 0 unspecified atom stereocenters. The Morgan fingerprint density at radius 1 is 0.795 bits per heavy atom. The van der Waals surface area contributed by atoms with Crippen LogP contribution in [0.25, 0.3) is 16.9 Å². The molecule has 0 amide bonds. The molecule has 2 aromatic carbocycles. The second kappa shape index (κ2) is 14.2. The fourth-order valence-corrected chi connectivity index (χ4v) is 16.8. The zero-order chi connectivity index (χ0) is 30.2. The predicted molar refractivity (Wildman–Crippen MR) is 179 cm³/mol. The van der Waals surface area contributed by atoms with Gasteiger partial charge in [-0.1, -0.05) is 45.5 Å². The van der Waals surface area contributed by atoms with Gasteiger partial charge in [0.2, 0.25) is 0 Å². The standard InChI is InChI=1S/C24H39P.C12H9N.CH4O3S.Pd/c1-2-3-4-25(23-11-17-5-18(12-23)7-19(6-17)13-23)24-14-20-8-21(15-24)10-22(9-20)16-24;13-12-9-5-4-8-11(12)10-6-2-1-3-7-10;1-5(2,3)4;/h17-22H,2-16H2,1H3;1-6,8-9,13H;1H3,(H,2,3,4);/q;-2;;/p-1. The fourth-order valence-electron chi connectivity index (χ4n) is 11.4. The van der Waals surface area contributed by atoms with E-state index < -0.39 is 10.1 Å². The minimum absolute atomic E-state index is 0. The SMILES string of the molecule is CCCCP(C12CC3CC(CC(C3)C1)C2)C12CC3CC(CC(C3)C1)C2.CS(=O)(=O)[O-].[NH-]c1ccccc1-c1[c-]cccc1.[Pd]. The Hall–Kier alpha value is -0.758. The van der Waals surface area contributed by atoms with Crippen molar-refractivity contribution in [2.45, 2.75) is 107 Å². The van der Waals surface area contributed by atoms with Crippen LogP contribution in [-0.4, -0.2) is 35.7 Å². The van der Waals surface area contributed by atoms with Crippen LogP contribution in [0.15, 0.2) is 48.5 Å². The van der Waals surface area contributed by atoms with Crippen LogP contribution in [-0.2, 0) is 30.5 Å². The van der Waals surface area contributed by atoms with Crippen molar-refractivity contribution in [3.05, 3.63) is 60.3 Å². The molecule has 0 radical (unpaired) electrons. The van der Waals surface area contributed by atoms with Gasteiger partial charge in [0, 0.05) is 26.7 Å². The van der Waals surface area contributed by atoms with E-state index in [9.17, 15) is 0 Å². The number of unbranched alkanes of at least 4 members (excludes halogenated alkanes) is 1. The van der Waals surface area contributed by atoms with Crippen molar-refractivity contribution in [2.24, 2.45) is 35.5 Å². The molecule has 0 aromatic heterocycles. The second-order valence-electron chi connectivity index (χ2n) is 15.3. The summed E-state index contributed by atoms with van der Waals surface area (Å²) in [5, 5.41) is 1.76. The van der Waals surface area contributed by atoms with Crippen molar-refractivity contribution in [3.63, 3.8) is 0 Å². The van der Waals surface area contributed by atoms with Crippen molar-refractivity contribution in [2.75, 3.05) is 12.4 Å². The van der Waals surface area contributed by atoms with Crippen LogP contribution in [0.3, 0.4) is 0 Å². The van der Waals surface area contributed by atoms with E-state index in [1.165, 1.54) is 6.42 Å². The Morgan fingerprint density at radius 2 is 1.20 bits per heavy atom. The van der Waals surface area contributed by atoms with E-state index in [0.717, 1.165) is 56.9 Å². The molecule has 8 fully saturated rings. The maximum atomic E-state index is 9.08. The van der Waals surface area contributed by atoms with Gasteiger partial charge in [-0.15, -0.1) is 41.5 Å². The molecule has 8 aliphatic rings. The van der Waals surface area contributed by atoms with Gasteiger partial charge >= 0.3 is 0 Å². The molecule has 8 saturated carbocycles. The Morgan fingerprint density at radius 3 is 1.57 bits per heavy atom. The smallest absolute Gasteiger partial charge is 0.0916 e. The van der Waals surface area contributed by atoms with Crippen LogP contribution in [0.5, 0.6) is 0 Å². The van der Waals surface area contributed by atoms with Gasteiger partial charge in [0.1, 0.15) is 0 Å². The normalized spacial score (nSPS) is 36.3. The van der Waals surface area contributed by atoms with E-state index in [2.05, 4.69) is 13.0 Å². The number of rotatable bonds is 6. The Labute approximate surface area is 282 Å². The van der Waals surface area contributed by atoms with Crippen LogP contribution in [0.1, 0.15) is 96.8 Å². The van der Waals surface area contributed by atoms with E-state index in [1.807, 2.05) is 42.5 Å². The van der Waals surface area contributed by atoms with Gasteiger partial charge in [-0.05, 0) is 135 Å². The maximum absolute atomic E-state index is 9.08. The summed E-state index contributed by atoms with van der Waals surface area (Å²) in [6, 6.07) is 18.4. The third kappa shape index (κ3) is 7.85. The minimum atomic E-state index is -3.92. The monoisotopic (exact) mass is 726 g/mol. The third-order valence-corrected chi connectivity index (χ3v) is 16.0. The average Bonchev–Trinajstić information content (AvgIpc) is 2.92. The molecule has 10 rings (SSSR count). The summed E-state index contributed by atoms with van der Waals surface area (Å²) in [7, 11) is -3.63. The van der Waals surface area contributed by atoms with Gasteiger partial charge in [-0.2, -0.15) is 5.69 Å². The molecular formula is C37H51NO3PPdS-3. The minimum Gasteiger partial charge on any atom is -0.748 e.